The summed E-state index contributed by atoms with van der Waals surface area (Å²) in [6, 6.07) is 7.92. The molecule has 2 heterocycles. The first kappa shape index (κ1) is 13.9. The number of carbonyl (C=O) groups excluding carboxylic acids is 1. The molecule has 1 unspecified atom stereocenters. The van der Waals surface area contributed by atoms with Crippen LogP contribution in [0.5, 0.6) is 0 Å². The van der Waals surface area contributed by atoms with Crippen molar-refractivity contribution < 1.29 is 10.0 Å². The Morgan fingerprint density at radius 1 is 1.43 bits per heavy atom. The number of thiophene rings is 1. The number of oxime groups is 1. The number of benzene rings is 1. The number of piperidine rings is 1. The van der Waals surface area contributed by atoms with Gasteiger partial charge in [-0.3, -0.25) is 4.79 Å². The molecule has 0 spiro atoms. The van der Waals surface area contributed by atoms with Crippen LogP contribution in [0.25, 0.3) is 10.1 Å². The summed E-state index contributed by atoms with van der Waals surface area (Å²) in [7, 11) is 0. The Morgan fingerprint density at radius 3 is 3.05 bits per heavy atom. The predicted molar refractivity (Wildman–Crippen MR) is 83.9 cm³/mol. The average molecular weight is 303 g/mol. The molecule has 1 aromatic heterocycles. The number of carbonyl (C=O) groups is 1. The average Bonchev–Trinajstić information content (AvgIpc) is 2.97. The summed E-state index contributed by atoms with van der Waals surface area (Å²) in [6.45, 7) is 1.23. The highest BCUT2D eigenvalue weighted by Crippen LogP contribution is 2.28. The van der Waals surface area contributed by atoms with Crippen LogP contribution in [0.15, 0.2) is 34.8 Å². The van der Waals surface area contributed by atoms with Crippen LogP contribution in [0, 0.1) is 5.92 Å². The lowest BCUT2D eigenvalue weighted by Gasteiger charge is -2.32. The van der Waals surface area contributed by atoms with E-state index >= 15 is 0 Å². The first-order valence-corrected chi connectivity index (χ1v) is 7.81. The summed E-state index contributed by atoms with van der Waals surface area (Å²) >= 11 is 1.58. The van der Waals surface area contributed by atoms with Crippen molar-refractivity contribution in [3.05, 3.63) is 35.2 Å². The van der Waals surface area contributed by atoms with Gasteiger partial charge in [-0.05, 0) is 18.9 Å². The molecule has 6 heteroatoms. The van der Waals surface area contributed by atoms with Gasteiger partial charge in [0.2, 0.25) is 0 Å². The van der Waals surface area contributed by atoms with E-state index in [4.69, 9.17) is 10.9 Å². The van der Waals surface area contributed by atoms with Gasteiger partial charge in [-0.2, -0.15) is 0 Å². The molecular weight excluding hydrogens is 286 g/mol. The number of rotatable bonds is 2. The zero-order valence-electron chi connectivity index (χ0n) is 11.5. The van der Waals surface area contributed by atoms with Crippen LogP contribution in [0.3, 0.4) is 0 Å². The SMILES string of the molecule is NC(=NO)C1CCCN(C(=O)c2csc3ccccc23)C1. The minimum atomic E-state index is -0.0578. The van der Waals surface area contributed by atoms with Crippen molar-refractivity contribution in [1.82, 2.24) is 4.90 Å². The van der Waals surface area contributed by atoms with Gasteiger partial charge in [0.15, 0.2) is 0 Å². The molecule has 21 heavy (non-hydrogen) atoms. The quantitative estimate of drug-likeness (QED) is 0.387. The van der Waals surface area contributed by atoms with E-state index in [0.29, 0.717) is 6.54 Å². The normalized spacial score (nSPS) is 19.9. The second-order valence-electron chi connectivity index (χ2n) is 5.26. The molecule has 1 amide bonds. The fourth-order valence-electron chi connectivity index (χ4n) is 2.80. The fraction of sp³-hybridized carbons (Fsp3) is 0.333. The highest BCUT2D eigenvalue weighted by atomic mass is 32.1. The van der Waals surface area contributed by atoms with Gasteiger partial charge in [0, 0.05) is 34.5 Å². The lowest BCUT2D eigenvalue weighted by atomic mass is 9.96. The largest absolute Gasteiger partial charge is 0.409 e. The maximum atomic E-state index is 12.7. The van der Waals surface area contributed by atoms with Crippen molar-refractivity contribution >= 4 is 33.2 Å². The Kier molecular flexibility index (Phi) is 3.79. The van der Waals surface area contributed by atoms with E-state index in [1.165, 1.54) is 0 Å². The minimum absolute atomic E-state index is 0.0305. The third-order valence-electron chi connectivity index (χ3n) is 3.95. The Morgan fingerprint density at radius 2 is 2.24 bits per heavy atom. The maximum absolute atomic E-state index is 12.7. The highest BCUT2D eigenvalue weighted by molar-refractivity contribution is 7.17. The molecule has 1 aromatic carbocycles. The summed E-state index contributed by atoms with van der Waals surface area (Å²) in [5, 5.41) is 14.8. The summed E-state index contributed by atoms with van der Waals surface area (Å²) in [4.78, 5) is 14.5. The van der Waals surface area contributed by atoms with Crippen molar-refractivity contribution in [3.8, 4) is 0 Å². The van der Waals surface area contributed by atoms with Gasteiger partial charge in [-0.1, -0.05) is 23.4 Å². The second kappa shape index (κ2) is 5.73. The Labute approximate surface area is 126 Å². The number of nitrogens with two attached hydrogens (primary N) is 1. The zero-order chi connectivity index (χ0) is 14.8. The van der Waals surface area contributed by atoms with E-state index in [-0.39, 0.29) is 17.7 Å². The first-order chi connectivity index (χ1) is 10.2. The summed E-state index contributed by atoms with van der Waals surface area (Å²) in [6.07, 6.45) is 1.72. The zero-order valence-corrected chi connectivity index (χ0v) is 12.3. The molecule has 3 N–H and O–H groups in total. The number of hydrogen-bond donors (Lipinski definition) is 2. The maximum Gasteiger partial charge on any atom is 0.255 e. The number of nitrogens with zero attached hydrogens (tertiary/aromatic N) is 2. The van der Waals surface area contributed by atoms with E-state index in [9.17, 15) is 4.79 Å². The number of amidine groups is 1. The standard InChI is InChI=1S/C15H17N3O2S/c16-14(17-20)10-4-3-7-18(8-10)15(19)12-9-21-13-6-2-1-5-11(12)13/h1-2,5-6,9-10,20H,3-4,7-8H2,(H2,16,17). The number of likely N-dealkylation sites (tertiary alicyclic amines) is 1. The minimum Gasteiger partial charge on any atom is -0.409 e. The fourth-order valence-corrected chi connectivity index (χ4v) is 3.73. The lowest BCUT2D eigenvalue weighted by Crippen LogP contribution is -2.44. The van der Waals surface area contributed by atoms with Crippen LogP contribution in [0.4, 0.5) is 0 Å². The van der Waals surface area contributed by atoms with Crippen LogP contribution in [0.2, 0.25) is 0 Å². The molecule has 2 aromatic rings. The van der Waals surface area contributed by atoms with Crippen LogP contribution in [-0.2, 0) is 0 Å². The van der Waals surface area contributed by atoms with Gasteiger partial charge < -0.3 is 15.8 Å². The number of amides is 1. The second-order valence-corrected chi connectivity index (χ2v) is 6.17. The third-order valence-corrected chi connectivity index (χ3v) is 4.92. The Hall–Kier alpha value is -2.08. The topological polar surface area (TPSA) is 78.9 Å². The molecule has 1 aliphatic heterocycles. The van der Waals surface area contributed by atoms with Gasteiger partial charge in [0.05, 0.1) is 5.56 Å². The Bertz CT molecular complexity index is 695. The first-order valence-electron chi connectivity index (χ1n) is 6.93. The van der Waals surface area contributed by atoms with Gasteiger partial charge in [0.25, 0.3) is 5.91 Å². The molecule has 0 bridgehead atoms. The Balaban J connectivity index is 1.85. The van der Waals surface area contributed by atoms with Crippen LogP contribution in [0.1, 0.15) is 23.2 Å². The van der Waals surface area contributed by atoms with Gasteiger partial charge in [-0.15, -0.1) is 11.3 Å². The molecule has 110 valence electrons. The molecular formula is C15H17N3O2S. The van der Waals surface area contributed by atoms with E-state index in [2.05, 4.69) is 5.16 Å². The molecule has 5 nitrogen and oxygen atoms in total. The highest BCUT2D eigenvalue weighted by Gasteiger charge is 2.28. The van der Waals surface area contributed by atoms with Crippen LogP contribution in [-0.4, -0.2) is 34.9 Å². The molecule has 0 radical (unpaired) electrons. The molecule has 0 aliphatic carbocycles. The number of hydrogen-bond acceptors (Lipinski definition) is 4. The van der Waals surface area contributed by atoms with Crippen molar-refractivity contribution in [3.63, 3.8) is 0 Å². The van der Waals surface area contributed by atoms with Gasteiger partial charge in [-0.25, -0.2) is 0 Å². The molecule has 1 fully saturated rings. The summed E-state index contributed by atoms with van der Waals surface area (Å²) in [5.74, 6) is 0.183. The van der Waals surface area contributed by atoms with E-state index in [1.807, 2.05) is 29.6 Å². The predicted octanol–water partition coefficient (Wildman–Crippen LogP) is 2.50. The van der Waals surface area contributed by atoms with Gasteiger partial charge in [0.1, 0.15) is 5.84 Å². The summed E-state index contributed by atoms with van der Waals surface area (Å²) < 4.78 is 1.12. The smallest absolute Gasteiger partial charge is 0.255 e. The van der Waals surface area contributed by atoms with E-state index < -0.39 is 0 Å². The van der Waals surface area contributed by atoms with Crippen LogP contribution >= 0.6 is 11.3 Å². The number of fused-ring (bicyclic) bond motifs is 1. The monoisotopic (exact) mass is 303 g/mol. The summed E-state index contributed by atoms with van der Waals surface area (Å²) in [5.41, 5.74) is 6.43. The lowest BCUT2D eigenvalue weighted by molar-refractivity contribution is 0.0704. The molecule has 1 aliphatic rings. The molecule has 0 saturated carbocycles. The van der Waals surface area contributed by atoms with E-state index in [0.717, 1.165) is 35.0 Å². The van der Waals surface area contributed by atoms with Crippen molar-refractivity contribution in [2.24, 2.45) is 16.8 Å². The van der Waals surface area contributed by atoms with Crippen molar-refractivity contribution in [2.45, 2.75) is 12.8 Å². The molecule has 1 saturated heterocycles. The third kappa shape index (κ3) is 2.58. The van der Waals surface area contributed by atoms with Crippen molar-refractivity contribution in [1.29, 1.82) is 0 Å². The van der Waals surface area contributed by atoms with Crippen molar-refractivity contribution in [2.75, 3.05) is 13.1 Å². The molecule has 3 rings (SSSR count). The van der Waals surface area contributed by atoms with Gasteiger partial charge >= 0.3 is 0 Å². The van der Waals surface area contributed by atoms with E-state index in [1.54, 1.807) is 16.2 Å². The molecule has 1 atom stereocenters. The van der Waals surface area contributed by atoms with Crippen LogP contribution < -0.4 is 5.73 Å².